The number of hydrogen-bond acceptors (Lipinski definition) is 7. The summed E-state index contributed by atoms with van der Waals surface area (Å²) >= 11 is 5.62. The average molecular weight is 359 g/mol. The highest BCUT2D eigenvalue weighted by molar-refractivity contribution is 8.04. The SMILES string of the molecule is CCC(O)COCCOCC(O)CSCCSCCSC. The molecule has 0 fully saturated rings. The first-order valence-corrected chi connectivity index (χ1v) is 11.1. The fourth-order valence-electron chi connectivity index (χ4n) is 1.30. The van der Waals surface area contributed by atoms with Crippen LogP contribution in [-0.2, 0) is 9.47 Å². The molecule has 0 saturated carbocycles. The number of rotatable bonds is 16. The van der Waals surface area contributed by atoms with Gasteiger partial charge in [0.05, 0.1) is 38.6 Å². The van der Waals surface area contributed by atoms with Gasteiger partial charge in [0.2, 0.25) is 0 Å². The van der Waals surface area contributed by atoms with E-state index in [1.54, 1.807) is 11.8 Å². The Kier molecular flexibility index (Phi) is 18.0. The van der Waals surface area contributed by atoms with Crippen LogP contribution in [0.15, 0.2) is 0 Å². The minimum atomic E-state index is -0.410. The lowest BCUT2D eigenvalue weighted by Crippen LogP contribution is -2.21. The van der Waals surface area contributed by atoms with Gasteiger partial charge in [-0.05, 0) is 12.7 Å². The molecule has 0 aromatic heterocycles. The van der Waals surface area contributed by atoms with Crippen molar-refractivity contribution in [1.29, 1.82) is 0 Å². The van der Waals surface area contributed by atoms with Crippen molar-refractivity contribution in [3.63, 3.8) is 0 Å². The molecule has 128 valence electrons. The molecule has 0 bridgehead atoms. The zero-order valence-electron chi connectivity index (χ0n) is 13.2. The molecule has 2 atom stereocenters. The van der Waals surface area contributed by atoms with Crippen LogP contribution in [-0.4, -0.2) is 83.9 Å². The summed E-state index contributed by atoms with van der Waals surface area (Å²) in [5.74, 6) is 5.36. The minimum absolute atomic E-state index is 0.353. The highest BCUT2D eigenvalue weighted by Gasteiger charge is 2.05. The Balaban J connectivity index is 3.18. The fourth-order valence-corrected chi connectivity index (χ4v) is 4.12. The van der Waals surface area contributed by atoms with Gasteiger partial charge in [-0.3, -0.25) is 0 Å². The molecule has 0 aromatic carbocycles. The molecule has 0 aromatic rings. The lowest BCUT2D eigenvalue weighted by Gasteiger charge is -2.12. The van der Waals surface area contributed by atoms with Crippen molar-refractivity contribution in [2.75, 3.05) is 61.4 Å². The van der Waals surface area contributed by atoms with Crippen LogP contribution in [0, 0.1) is 0 Å². The highest BCUT2D eigenvalue weighted by atomic mass is 32.2. The van der Waals surface area contributed by atoms with E-state index in [1.807, 2.05) is 30.4 Å². The molecular weight excluding hydrogens is 328 g/mol. The second-order valence-electron chi connectivity index (χ2n) is 4.55. The monoisotopic (exact) mass is 358 g/mol. The van der Waals surface area contributed by atoms with Gasteiger partial charge in [0.25, 0.3) is 0 Å². The van der Waals surface area contributed by atoms with Crippen molar-refractivity contribution in [3.8, 4) is 0 Å². The molecular formula is C14H30O4S3. The van der Waals surface area contributed by atoms with E-state index in [9.17, 15) is 10.2 Å². The maximum Gasteiger partial charge on any atom is 0.0863 e. The van der Waals surface area contributed by atoms with Crippen LogP contribution < -0.4 is 0 Å². The maximum absolute atomic E-state index is 9.74. The van der Waals surface area contributed by atoms with Gasteiger partial charge in [-0.15, -0.1) is 0 Å². The third kappa shape index (κ3) is 17.1. The molecule has 0 aliphatic carbocycles. The van der Waals surface area contributed by atoms with Gasteiger partial charge < -0.3 is 19.7 Å². The first-order valence-electron chi connectivity index (χ1n) is 7.36. The summed E-state index contributed by atoms with van der Waals surface area (Å²) in [6, 6.07) is 0. The summed E-state index contributed by atoms with van der Waals surface area (Å²) in [6.07, 6.45) is 2.03. The Morgan fingerprint density at radius 1 is 0.857 bits per heavy atom. The summed E-state index contributed by atoms with van der Waals surface area (Å²) in [6.45, 7) is 3.55. The number of aliphatic hydroxyl groups excluding tert-OH is 2. The van der Waals surface area contributed by atoms with Crippen molar-refractivity contribution in [2.24, 2.45) is 0 Å². The van der Waals surface area contributed by atoms with Crippen LogP contribution in [0.4, 0.5) is 0 Å². The summed E-state index contributed by atoms with van der Waals surface area (Å²) in [7, 11) is 0. The Bertz CT molecular complexity index is 211. The normalized spacial score (nSPS) is 14.3. The smallest absolute Gasteiger partial charge is 0.0863 e. The summed E-state index contributed by atoms with van der Waals surface area (Å²) < 4.78 is 10.6. The number of thioether (sulfide) groups is 3. The highest BCUT2D eigenvalue weighted by Crippen LogP contribution is 2.10. The average Bonchev–Trinajstić information content (AvgIpc) is 2.49. The van der Waals surface area contributed by atoms with Crippen LogP contribution >= 0.6 is 35.3 Å². The predicted molar refractivity (Wildman–Crippen MR) is 97.0 cm³/mol. The van der Waals surface area contributed by atoms with Crippen molar-refractivity contribution < 1.29 is 19.7 Å². The number of aliphatic hydroxyl groups is 2. The van der Waals surface area contributed by atoms with E-state index >= 15 is 0 Å². The van der Waals surface area contributed by atoms with Crippen molar-refractivity contribution in [2.45, 2.75) is 25.6 Å². The molecule has 4 nitrogen and oxygen atoms in total. The first-order chi connectivity index (χ1) is 10.2. The molecule has 0 saturated heterocycles. The Labute approximate surface area is 142 Å². The van der Waals surface area contributed by atoms with Gasteiger partial charge in [0.15, 0.2) is 0 Å². The zero-order chi connectivity index (χ0) is 15.8. The zero-order valence-corrected chi connectivity index (χ0v) is 15.6. The van der Waals surface area contributed by atoms with Gasteiger partial charge >= 0.3 is 0 Å². The largest absolute Gasteiger partial charge is 0.391 e. The second-order valence-corrected chi connectivity index (χ2v) is 7.91. The van der Waals surface area contributed by atoms with E-state index in [4.69, 9.17) is 9.47 Å². The first kappa shape index (κ1) is 21.9. The summed E-state index contributed by atoms with van der Waals surface area (Å²) in [5, 5.41) is 19.0. The minimum Gasteiger partial charge on any atom is -0.391 e. The van der Waals surface area contributed by atoms with Gasteiger partial charge in [-0.1, -0.05) is 6.92 Å². The molecule has 0 aliphatic heterocycles. The fraction of sp³-hybridized carbons (Fsp3) is 1.00. The van der Waals surface area contributed by atoms with Crippen LogP contribution in [0.5, 0.6) is 0 Å². The third-order valence-corrected chi connectivity index (χ3v) is 5.81. The molecule has 0 aliphatic rings. The molecule has 21 heavy (non-hydrogen) atoms. The quantitative estimate of drug-likeness (QED) is 0.409. The molecule has 0 rings (SSSR count). The van der Waals surface area contributed by atoms with Crippen LogP contribution in [0.25, 0.3) is 0 Å². The Hall–Kier alpha value is 0.890. The molecule has 2 N–H and O–H groups in total. The molecule has 0 heterocycles. The van der Waals surface area contributed by atoms with Crippen LogP contribution in [0.2, 0.25) is 0 Å². The maximum atomic E-state index is 9.74. The predicted octanol–water partition coefficient (Wildman–Crippen LogP) is 1.98. The van der Waals surface area contributed by atoms with Crippen LogP contribution in [0.1, 0.15) is 13.3 Å². The lowest BCUT2D eigenvalue weighted by atomic mass is 10.3. The number of hydrogen-bond donors (Lipinski definition) is 2. The van der Waals surface area contributed by atoms with E-state index in [1.165, 1.54) is 11.5 Å². The summed E-state index contributed by atoms with van der Waals surface area (Å²) in [4.78, 5) is 0. The van der Waals surface area contributed by atoms with E-state index < -0.39 is 6.10 Å². The summed E-state index contributed by atoms with van der Waals surface area (Å²) in [5.41, 5.74) is 0. The van der Waals surface area contributed by atoms with Gasteiger partial charge in [0, 0.05) is 28.8 Å². The molecule has 0 amide bonds. The van der Waals surface area contributed by atoms with Crippen molar-refractivity contribution in [1.82, 2.24) is 0 Å². The number of ether oxygens (including phenoxy) is 2. The van der Waals surface area contributed by atoms with E-state index in [0.29, 0.717) is 32.8 Å². The molecule has 0 radical (unpaired) electrons. The van der Waals surface area contributed by atoms with Gasteiger partial charge in [-0.25, -0.2) is 0 Å². The lowest BCUT2D eigenvalue weighted by molar-refractivity contribution is -0.0134. The van der Waals surface area contributed by atoms with E-state index in [0.717, 1.165) is 17.3 Å². The molecule has 2 unspecified atom stereocenters. The second kappa shape index (κ2) is 17.2. The van der Waals surface area contributed by atoms with Crippen molar-refractivity contribution in [3.05, 3.63) is 0 Å². The standard InChI is InChI=1S/C14H30O4S3/c1-3-13(15)10-17-4-5-18-11-14(16)12-21-9-8-20-7-6-19-2/h13-16H,3-12H2,1-2H3. The van der Waals surface area contributed by atoms with E-state index in [2.05, 4.69) is 6.26 Å². The van der Waals surface area contributed by atoms with Gasteiger partial charge in [-0.2, -0.15) is 35.3 Å². The molecule has 7 heteroatoms. The van der Waals surface area contributed by atoms with E-state index in [-0.39, 0.29) is 6.10 Å². The third-order valence-electron chi connectivity index (χ3n) is 2.58. The van der Waals surface area contributed by atoms with Crippen molar-refractivity contribution >= 4 is 35.3 Å². The topological polar surface area (TPSA) is 58.9 Å². The Morgan fingerprint density at radius 3 is 2.05 bits per heavy atom. The van der Waals surface area contributed by atoms with Crippen LogP contribution in [0.3, 0.4) is 0 Å². The molecule has 0 spiro atoms. The Morgan fingerprint density at radius 2 is 1.43 bits per heavy atom. The van der Waals surface area contributed by atoms with Gasteiger partial charge in [0.1, 0.15) is 0 Å².